The van der Waals surface area contributed by atoms with E-state index in [0.717, 1.165) is 11.6 Å². The highest BCUT2D eigenvalue weighted by Gasteiger charge is 2.17. The van der Waals surface area contributed by atoms with Crippen molar-refractivity contribution in [1.29, 1.82) is 0 Å². The first-order valence-electron chi connectivity index (χ1n) is 7.94. The molecule has 0 N–H and O–H groups in total. The summed E-state index contributed by atoms with van der Waals surface area (Å²) in [5.74, 6) is -0.358. The third kappa shape index (κ3) is 4.75. The van der Waals surface area contributed by atoms with Gasteiger partial charge in [0, 0.05) is 5.75 Å². The van der Waals surface area contributed by atoms with Gasteiger partial charge in [0.15, 0.2) is 11.6 Å². The maximum atomic E-state index is 14.2. The second-order valence-electron chi connectivity index (χ2n) is 6.72. The molecule has 0 bridgehead atoms. The van der Waals surface area contributed by atoms with E-state index in [1.54, 1.807) is 6.07 Å². The van der Waals surface area contributed by atoms with E-state index in [2.05, 4.69) is 49.8 Å². The Morgan fingerprint density at radius 3 is 2.28 bits per heavy atom. The van der Waals surface area contributed by atoms with Crippen LogP contribution in [-0.2, 0) is 15.9 Å². The first-order valence-corrected chi connectivity index (χ1v) is 8.93. The predicted octanol–water partition coefficient (Wildman–Crippen LogP) is 5.21. The van der Waals surface area contributed by atoms with Crippen LogP contribution in [0.3, 0.4) is 0 Å². The van der Waals surface area contributed by atoms with E-state index in [1.807, 2.05) is 0 Å². The Labute approximate surface area is 152 Å². The molecular weight excluding hydrogens is 339 g/mol. The first-order chi connectivity index (χ1) is 11.8. The van der Waals surface area contributed by atoms with E-state index in [1.165, 1.54) is 31.5 Å². The van der Waals surface area contributed by atoms with Gasteiger partial charge in [-0.15, -0.1) is 11.8 Å². The van der Waals surface area contributed by atoms with Crippen LogP contribution in [0.25, 0.3) is 0 Å². The number of carbonyl (C=O) groups is 1. The van der Waals surface area contributed by atoms with Crippen molar-refractivity contribution in [3.05, 3.63) is 58.9 Å². The van der Waals surface area contributed by atoms with Gasteiger partial charge in [-0.2, -0.15) is 0 Å². The molecule has 25 heavy (non-hydrogen) atoms. The summed E-state index contributed by atoms with van der Waals surface area (Å²) in [5.41, 5.74) is 2.65. The van der Waals surface area contributed by atoms with Crippen molar-refractivity contribution in [2.75, 3.05) is 14.2 Å². The number of carbonyl (C=O) groups excluding carboxylic acids is 1. The Bertz CT molecular complexity index is 749. The zero-order chi connectivity index (χ0) is 18.6. The molecule has 134 valence electrons. The van der Waals surface area contributed by atoms with Crippen LogP contribution in [0.4, 0.5) is 4.39 Å². The summed E-state index contributed by atoms with van der Waals surface area (Å²) in [6.45, 7) is 6.51. The molecule has 0 aromatic heterocycles. The molecule has 2 aromatic carbocycles. The summed E-state index contributed by atoms with van der Waals surface area (Å²) in [4.78, 5) is 12.3. The number of rotatable bonds is 5. The highest BCUT2D eigenvalue weighted by atomic mass is 32.2. The summed E-state index contributed by atoms with van der Waals surface area (Å²) >= 11 is 1.42. The summed E-state index contributed by atoms with van der Waals surface area (Å²) in [6, 6.07) is 11.1. The molecule has 3 nitrogen and oxygen atoms in total. The fourth-order valence-electron chi connectivity index (χ4n) is 2.37. The highest BCUT2D eigenvalue weighted by Crippen LogP contribution is 2.35. The van der Waals surface area contributed by atoms with E-state index in [0.29, 0.717) is 10.6 Å². The molecule has 0 unspecified atom stereocenters. The number of ether oxygens (including phenoxy) is 2. The second-order valence-corrected chi connectivity index (χ2v) is 7.73. The average molecular weight is 362 g/mol. The normalized spacial score (nSPS) is 11.3. The molecule has 0 aliphatic heterocycles. The van der Waals surface area contributed by atoms with Crippen LogP contribution in [0.15, 0.2) is 41.3 Å². The Morgan fingerprint density at radius 2 is 1.76 bits per heavy atom. The van der Waals surface area contributed by atoms with Crippen molar-refractivity contribution in [2.24, 2.45) is 0 Å². The van der Waals surface area contributed by atoms with Gasteiger partial charge in [0.1, 0.15) is 0 Å². The van der Waals surface area contributed by atoms with Crippen molar-refractivity contribution in [3.63, 3.8) is 0 Å². The Hall–Kier alpha value is -2.01. The SMILES string of the molecule is COC(=O)c1cc(F)c(OC)c(SCc2ccc(C(C)(C)C)cc2)c1. The molecule has 5 heteroatoms. The number of hydrogen-bond acceptors (Lipinski definition) is 4. The van der Waals surface area contributed by atoms with Crippen LogP contribution >= 0.6 is 11.8 Å². The summed E-state index contributed by atoms with van der Waals surface area (Å²) in [5, 5.41) is 0. The molecule has 0 aliphatic carbocycles. The fraction of sp³-hybridized carbons (Fsp3) is 0.350. The van der Waals surface area contributed by atoms with Crippen LogP contribution in [0.1, 0.15) is 42.3 Å². The number of thioether (sulfide) groups is 1. The second kappa shape index (κ2) is 7.91. The molecule has 0 amide bonds. The molecular formula is C20H23FO3S. The molecule has 0 saturated heterocycles. The van der Waals surface area contributed by atoms with Gasteiger partial charge in [0.05, 0.1) is 24.7 Å². The molecule has 2 aromatic rings. The van der Waals surface area contributed by atoms with Crippen LogP contribution in [-0.4, -0.2) is 20.2 Å². The zero-order valence-electron chi connectivity index (χ0n) is 15.2. The minimum atomic E-state index is -0.573. The van der Waals surface area contributed by atoms with Gasteiger partial charge in [-0.25, -0.2) is 9.18 Å². The van der Waals surface area contributed by atoms with Crippen molar-refractivity contribution >= 4 is 17.7 Å². The number of halogens is 1. The number of methoxy groups -OCH3 is 2. The topological polar surface area (TPSA) is 35.5 Å². The van der Waals surface area contributed by atoms with E-state index < -0.39 is 11.8 Å². The lowest BCUT2D eigenvalue weighted by Crippen LogP contribution is -2.10. The number of benzene rings is 2. The summed E-state index contributed by atoms with van der Waals surface area (Å²) in [6.07, 6.45) is 0. The van der Waals surface area contributed by atoms with Crippen LogP contribution in [0.5, 0.6) is 5.75 Å². The van der Waals surface area contributed by atoms with E-state index in [4.69, 9.17) is 4.74 Å². The molecule has 0 fully saturated rings. The minimum Gasteiger partial charge on any atom is -0.492 e. The third-order valence-electron chi connectivity index (χ3n) is 3.85. The van der Waals surface area contributed by atoms with Crippen molar-refractivity contribution < 1.29 is 18.7 Å². The van der Waals surface area contributed by atoms with Gasteiger partial charge in [-0.05, 0) is 28.7 Å². The lowest BCUT2D eigenvalue weighted by molar-refractivity contribution is 0.0599. The smallest absolute Gasteiger partial charge is 0.337 e. The molecule has 0 radical (unpaired) electrons. The zero-order valence-corrected chi connectivity index (χ0v) is 16.0. The number of esters is 1. The minimum absolute atomic E-state index is 0.104. The third-order valence-corrected chi connectivity index (χ3v) is 4.94. The van der Waals surface area contributed by atoms with Gasteiger partial charge in [-0.1, -0.05) is 45.0 Å². The molecule has 2 rings (SSSR count). The van der Waals surface area contributed by atoms with Gasteiger partial charge in [0.25, 0.3) is 0 Å². The molecule has 0 saturated carbocycles. The van der Waals surface area contributed by atoms with E-state index in [9.17, 15) is 9.18 Å². The lowest BCUT2D eigenvalue weighted by atomic mass is 9.87. The van der Waals surface area contributed by atoms with Gasteiger partial charge in [-0.3, -0.25) is 0 Å². The van der Waals surface area contributed by atoms with Crippen molar-refractivity contribution in [2.45, 2.75) is 36.8 Å². The first kappa shape index (κ1) is 19.3. The van der Waals surface area contributed by atoms with Crippen LogP contribution < -0.4 is 4.74 Å². The standard InChI is InChI=1S/C20H23FO3S/c1-20(2,3)15-8-6-13(7-9-15)12-25-17-11-14(19(22)24-5)10-16(21)18(17)23-4/h6-11H,12H2,1-5H3. The Morgan fingerprint density at radius 1 is 1.12 bits per heavy atom. The monoisotopic (exact) mass is 362 g/mol. The quantitative estimate of drug-likeness (QED) is 0.540. The van der Waals surface area contributed by atoms with E-state index in [-0.39, 0.29) is 16.7 Å². The largest absolute Gasteiger partial charge is 0.492 e. The van der Waals surface area contributed by atoms with Crippen LogP contribution in [0.2, 0.25) is 0 Å². The molecule has 0 atom stereocenters. The maximum Gasteiger partial charge on any atom is 0.337 e. The van der Waals surface area contributed by atoms with Gasteiger partial charge >= 0.3 is 5.97 Å². The highest BCUT2D eigenvalue weighted by molar-refractivity contribution is 7.98. The summed E-state index contributed by atoms with van der Waals surface area (Å²) in [7, 11) is 2.69. The maximum absolute atomic E-state index is 14.2. The van der Waals surface area contributed by atoms with Gasteiger partial charge < -0.3 is 9.47 Å². The Balaban J connectivity index is 2.22. The molecule has 0 aliphatic rings. The van der Waals surface area contributed by atoms with Crippen molar-refractivity contribution in [3.8, 4) is 5.75 Å². The van der Waals surface area contributed by atoms with Gasteiger partial charge in [0.2, 0.25) is 0 Å². The Kier molecular flexibility index (Phi) is 6.11. The average Bonchev–Trinajstić information content (AvgIpc) is 2.58. The van der Waals surface area contributed by atoms with Crippen molar-refractivity contribution in [1.82, 2.24) is 0 Å². The molecule has 0 heterocycles. The predicted molar refractivity (Wildman–Crippen MR) is 99.0 cm³/mol. The molecule has 0 spiro atoms. The lowest BCUT2D eigenvalue weighted by Gasteiger charge is -2.19. The number of hydrogen-bond donors (Lipinski definition) is 0. The fourth-order valence-corrected chi connectivity index (χ4v) is 3.41. The van der Waals surface area contributed by atoms with E-state index >= 15 is 0 Å². The summed E-state index contributed by atoms with van der Waals surface area (Å²) < 4.78 is 24.0. The van der Waals surface area contributed by atoms with Crippen LogP contribution in [0, 0.1) is 5.82 Å².